The van der Waals surface area contributed by atoms with Crippen LogP contribution >= 0.6 is 15.9 Å². The van der Waals surface area contributed by atoms with Crippen molar-refractivity contribution in [3.8, 4) is 11.4 Å². The summed E-state index contributed by atoms with van der Waals surface area (Å²) < 4.78 is 87.8. The van der Waals surface area contributed by atoms with Crippen LogP contribution in [0.2, 0.25) is 0 Å². The number of benzene rings is 1. The maximum absolute atomic E-state index is 13.6. The Morgan fingerprint density at radius 1 is 1.00 bits per heavy atom. The SMILES string of the molecule is Fc1cc(C(F)(F)F)ccc1-c1nc(Br)c(C(F)(F)F)[nH]1. The zero-order chi connectivity index (χ0) is 16.0. The van der Waals surface area contributed by atoms with Crippen molar-refractivity contribution in [1.29, 1.82) is 0 Å². The topological polar surface area (TPSA) is 28.7 Å². The fourth-order valence-electron chi connectivity index (χ4n) is 1.55. The highest BCUT2D eigenvalue weighted by molar-refractivity contribution is 9.10. The molecule has 114 valence electrons. The molecule has 21 heavy (non-hydrogen) atoms. The van der Waals surface area contributed by atoms with E-state index in [1.54, 1.807) is 0 Å². The van der Waals surface area contributed by atoms with Crippen LogP contribution in [-0.2, 0) is 12.4 Å². The molecular formula is C11H4BrF7N2. The lowest BCUT2D eigenvalue weighted by Gasteiger charge is -2.08. The molecule has 0 fully saturated rings. The van der Waals surface area contributed by atoms with Gasteiger partial charge in [0.15, 0.2) is 5.69 Å². The van der Waals surface area contributed by atoms with E-state index in [4.69, 9.17) is 0 Å². The van der Waals surface area contributed by atoms with Crippen LogP contribution in [0.4, 0.5) is 30.7 Å². The molecule has 1 heterocycles. The summed E-state index contributed by atoms with van der Waals surface area (Å²) in [6, 6.07) is 1.46. The van der Waals surface area contributed by atoms with Gasteiger partial charge in [0.25, 0.3) is 0 Å². The van der Waals surface area contributed by atoms with Gasteiger partial charge in [-0.05, 0) is 34.1 Å². The standard InChI is InChI=1S/C11H4BrF7N2/c12-8-7(11(17,18)19)20-9(21-8)5-2-1-4(3-6(5)13)10(14,15)16/h1-3H,(H,20,21). The fraction of sp³-hybridized carbons (Fsp3) is 0.182. The Bertz CT molecular complexity index is 672. The lowest BCUT2D eigenvalue weighted by molar-refractivity contribution is -0.141. The van der Waals surface area contributed by atoms with Crippen molar-refractivity contribution < 1.29 is 30.7 Å². The van der Waals surface area contributed by atoms with E-state index in [0.29, 0.717) is 12.1 Å². The van der Waals surface area contributed by atoms with Gasteiger partial charge in [0.05, 0.1) is 11.1 Å². The van der Waals surface area contributed by atoms with E-state index in [-0.39, 0.29) is 6.07 Å². The zero-order valence-corrected chi connectivity index (χ0v) is 11.3. The summed E-state index contributed by atoms with van der Waals surface area (Å²) in [6.45, 7) is 0. The van der Waals surface area contributed by atoms with Crippen molar-refractivity contribution in [2.45, 2.75) is 12.4 Å². The number of hydrogen-bond donors (Lipinski definition) is 1. The number of aromatic amines is 1. The Hall–Kier alpha value is -1.58. The third-order valence-corrected chi connectivity index (χ3v) is 3.07. The number of nitrogens with one attached hydrogen (secondary N) is 1. The van der Waals surface area contributed by atoms with E-state index in [2.05, 4.69) is 20.9 Å². The first-order valence-electron chi connectivity index (χ1n) is 5.20. The van der Waals surface area contributed by atoms with Crippen molar-refractivity contribution in [2.75, 3.05) is 0 Å². The van der Waals surface area contributed by atoms with Gasteiger partial charge in [-0.25, -0.2) is 9.37 Å². The number of rotatable bonds is 1. The molecule has 10 heteroatoms. The maximum atomic E-state index is 13.6. The van der Waals surface area contributed by atoms with Gasteiger partial charge < -0.3 is 4.98 Å². The van der Waals surface area contributed by atoms with Gasteiger partial charge in [-0.15, -0.1) is 0 Å². The number of H-pyrrole nitrogens is 1. The molecule has 1 aromatic heterocycles. The monoisotopic (exact) mass is 376 g/mol. The predicted molar refractivity (Wildman–Crippen MR) is 61.7 cm³/mol. The van der Waals surface area contributed by atoms with Crippen LogP contribution in [0.15, 0.2) is 22.8 Å². The quantitative estimate of drug-likeness (QED) is 0.695. The normalized spacial score (nSPS) is 12.8. The van der Waals surface area contributed by atoms with Gasteiger partial charge in [0, 0.05) is 0 Å². The van der Waals surface area contributed by atoms with Crippen LogP contribution in [0.5, 0.6) is 0 Å². The number of nitrogens with zero attached hydrogens (tertiary/aromatic N) is 1. The average Bonchev–Trinajstić information content (AvgIpc) is 2.69. The number of hydrogen-bond acceptors (Lipinski definition) is 1. The lowest BCUT2D eigenvalue weighted by atomic mass is 10.1. The molecule has 0 aliphatic carbocycles. The number of halogens is 8. The highest BCUT2D eigenvalue weighted by Crippen LogP contribution is 2.36. The van der Waals surface area contributed by atoms with Crippen molar-refractivity contribution in [2.24, 2.45) is 0 Å². The van der Waals surface area contributed by atoms with Crippen LogP contribution < -0.4 is 0 Å². The molecule has 0 saturated carbocycles. The summed E-state index contributed by atoms with van der Waals surface area (Å²) in [5.41, 5.74) is -3.00. The van der Waals surface area contributed by atoms with E-state index in [1.165, 1.54) is 0 Å². The Balaban J connectivity index is 2.49. The second-order valence-corrected chi connectivity index (χ2v) is 4.69. The number of imidazole rings is 1. The minimum atomic E-state index is -4.76. The fourth-order valence-corrected chi connectivity index (χ4v) is 2.05. The summed E-state index contributed by atoms with van der Waals surface area (Å²) in [5.74, 6) is -1.86. The molecule has 0 amide bonds. The second-order valence-electron chi connectivity index (χ2n) is 3.94. The van der Waals surface area contributed by atoms with E-state index < -0.39 is 45.4 Å². The molecule has 0 saturated heterocycles. The Morgan fingerprint density at radius 2 is 1.62 bits per heavy atom. The molecular weight excluding hydrogens is 373 g/mol. The van der Waals surface area contributed by atoms with Gasteiger partial charge in [0.2, 0.25) is 0 Å². The summed E-state index contributed by atoms with van der Waals surface area (Å²) in [5, 5.41) is 0. The Labute approximate surface area is 121 Å². The van der Waals surface area contributed by atoms with Crippen molar-refractivity contribution in [3.63, 3.8) is 0 Å². The van der Waals surface area contributed by atoms with Crippen LogP contribution in [0, 0.1) is 5.82 Å². The first-order valence-corrected chi connectivity index (χ1v) is 5.99. The Morgan fingerprint density at radius 3 is 2.05 bits per heavy atom. The van der Waals surface area contributed by atoms with Gasteiger partial charge >= 0.3 is 12.4 Å². The van der Waals surface area contributed by atoms with E-state index in [9.17, 15) is 30.7 Å². The summed E-state index contributed by atoms with van der Waals surface area (Å²) >= 11 is 2.56. The van der Waals surface area contributed by atoms with Crippen LogP contribution in [0.25, 0.3) is 11.4 Å². The molecule has 0 unspecified atom stereocenters. The minimum Gasteiger partial charge on any atom is -0.333 e. The molecule has 1 N–H and O–H groups in total. The molecule has 2 nitrogen and oxygen atoms in total. The summed E-state index contributed by atoms with van der Waals surface area (Å²) in [7, 11) is 0. The molecule has 0 radical (unpaired) electrons. The first kappa shape index (κ1) is 15.8. The molecule has 2 aromatic rings. The van der Waals surface area contributed by atoms with E-state index >= 15 is 0 Å². The average molecular weight is 377 g/mol. The molecule has 0 bridgehead atoms. The third kappa shape index (κ3) is 3.20. The first-order chi connectivity index (χ1) is 9.50. The second kappa shape index (κ2) is 5.00. The lowest BCUT2D eigenvalue weighted by Crippen LogP contribution is -2.06. The van der Waals surface area contributed by atoms with Gasteiger partial charge in [-0.1, -0.05) is 0 Å². The minimum absolute atomic E-state index is 0.193. The van der Waals surface area contributed by atoms with Crippen LogP contribution in [-0.4, -0.2) is 9.97 Å². The largest absolute Gasteiger partial charge is 0.433 e. The molecule has 0 aliphatic rings. The molecule has 1 aromatic carbocycles. The zero-order valence-electron chi connectivity index (χ0n) is 9.70. The predicted octanol–water partition coefficient (Wildman–Crippen LogP) is 5.02. The van der Waals surface area contributed by atoms with Gasteiger partial charge in [0.1, 0.15) is 16.2 Å². The van der Waals surface area contributed by atoms with Crippen molar-refractivity contribution in [1.82, 2.24) is 9.97 Å². The smallest absolute Gasteiger partial charge is 0.333 e. The summed E-state index contributed by atoms with van der Waals surface area (Å²) in [6.07, 6.45) is -9.51. The Kier molecular flexibility index (Phi) is 3.77. The molecule has 0 atom stereocenters. The van der Waals surface area contributed by atoms with Crippen LogP contribution in [0.3, 0.4) is 0 Å². The van der Waals surface area contributed by atoms with Gasteiger partial charge in [-0.2, -0.15) is 26.3 Å². The molecule has 2 rings (SSSR count). The number of alkyl halides is 6. The summed E-state index contributed by atoms with van der Waals surface area (Å²) in [4.78, 5) is 5.25. The third-order valence-electron chi connectivity index (χ3n) is 2.49. The van der Waals surface area contributed by atoms with E-state index in [0.717, 1.165) is 0 Å². The van der Waals surface area contributed by atoms with Crippen LogP contribution in [0.1, 0.15) is 11.3 Å². The van der Waals surface area contributed by atoms with Crippen molar-refractivity contribution >= 4 is 15.9 Å². The maximum Gasteiger partial charge on any atom is 0.433 e. The highest BCUT2D eigenvalue weighted by atomic mass is 79.9. The van der Waals surface area contributed by atoms with Crippen molar-refractivity contribution in [3.05, 3.63) is 39.9 Å². The number of aromatic nitrogens is 2. The molecule has 0 spiro atoms. The van der Waals surface area contributed by atoms with E-state index in [1.807, 2.05) is 4.98 Å². The highest BCUT2D eigenvalue weighted by Gasteiger charge is 2.37. The molecule has 0 aliphatic heterocycles. The van der Waals surface area contributed by atoms with Gasteiger partial charge in [-0.3, -0.25) is 0 Å².